The Morgan fingerprint density at radius 1 is 1.32 bits per heavy atom. The van der Waals surface area contributed by atoms with E-state index in [2.05, 4.69) is 26.6 Å². The Kier molecular flexibility index (Phi) is 5.48. The van der Waals surface area contributed by atoms with Crippen molar-refractivity contribution in [3.63, 3.8) is 0 Å². The molecule has 0 saturated carbocycles. The van der Waals surface area contributed by atoms with Gasteiger partial charge >= 0.3 is 0 Å². The molecule has 0 fully saturated rings. The molecular weight excluding hydrogens is 396 g/mol. The highest BCUT2D eigenvalue weighted by molar-refractivity contribution is 9.18. The highest BCUT2D eigenvalue weighted by Gasteiger charge is 2.23. The summed E-state index contributed by atoms with van der Waals surface area (Å²) in [4.78, 5) is 12.3. The third-order valence-corrected chi connectivity index (χ3v) is 3.87. The van der Waals surface area contributed by atoms with Crippen molar-refractivity contribution in [3.05, 3.63) is 52.6 Å². The van der Waals surface area contributed by atoms with Gasteiger partial charge in [0.15, 0.2) is 0 Å². The smallest absolute Gasteiger partial charge is 0.261 e. The molecule has 130 valence electrons. The molecule has 2 aromatic carbocycles. The van der Waals surface area contributed by atoms with E-state index in [9.17, 15) is 13.6 Å². The fourth-order valence-electron chi connectivity index (χ4n) is 2.21. The average molecular weight is 410 g/mol. The first-order valence-electron chi connectivity index (χ1n) is 6.95. The van der Waals surface area contributed by atoms with Gasteiger partial charge in [-0.05, 0) is 40.2 Å². The van der Waals surface area contributed by atoms with Crippen LogP contribution in [-0.2, 0) is 0 Å². The SMILES string of the molecule is CNc1cc(F)c(C(=O)Nc2ccc(N)c(C(=N)Br)c2)c(F)c1C=N. The first-order chi connectivity index (χ1) is 11.8. The van der Waals surface area contributed by atoms with Crippen LogP contribution in [0.15, 0.2) is 24.3 Å². The molecular formula is C16H14BrF2N5O. The minimum absolute atomic E-state index is 0.00271. The van der Waals surface area contributed by atoms with Crippen molar-refractivity contribution in [3.8, 4) is 0 Å². The summed E-state index contributed by atoms with van der Waals surface area (Å²) in [6.45, 7) is 0. The predicted molar refractivity (Wildman–Crippen MR) is 98.4 cm³/mol. The third-order valence-electron chi connectivity index (χ3n) is 3.44. The minimum atomic E-state index is -1.14. The summed E-state index contributed by atoms with van der Waals surface area (Å²) in [6, 6.07) is 5.25. The molecule has 6 nitrogen and oxygen atoms in total. The number of halogens is 3. The number of carbonyl (C=O) groups excluding carboxylic acids is 1. The molecule has 1 amide bonds. The lowest BCUT2D eigenvalue weighted by molar-refractivity contribution is 0.101. The van der Waals surface area contributed by atoms with Crippen molar-refractivity contribution in [1.82, 2.24) is 0 Å². The molecule has 9 heteroatoms. The molecule has 0 atom stereocenters. The van der Waals surface area contributed by atoms with Gasteiger partial charge in [0.25, 0.3) is 5.91 Å². The molecule has 0 bridgehead atoms. The maximum absolute atomic E-state index is 14.5. The molecule has 0 unspecified atom stereocenters. The van der Waals surface area contributed by atoms with Crippen LogP contribution in [0, 0.1) is 22.5 Å². The summed E-state index contributed by atoms with van der Waals surface area (Å²) in [5, 5.41) is 19.7. The Hall–Kier alpha value is -2.81. The molecule has 0 aliphatic heterocycles. The standard InChI is InChI=1S/C16H14BrF2N5O/c1-23-12-5-10(18)13(14(19)9(12)6-20)16(25)24-7-2-3-11(21)8(4-7)15(17)22/h2-6,20,22-23H,21H2,1H3,(H,24,25). The van der Waals surface area contributed by atoms with Crippen LogP contribution in [0.5, 0.6) is 0 Å². The maximum Gasteiger partial charge on any atom is 0.261 e. The van der Waals surface area contributed by atoms with Gasteiger partial charge in [-0.1, -0.05) is 0 Å². The van der Waals surface area contributed by atoms with E-state index < -0.39 is 23.1 Å². The Labute approximate surface area is 150 Å². The molecule has 0 spiro atoms. The molecule has 0 heterocycles. The summed E-state index contributed by atoms with van der Waals surface area (Å²) >= 11 is 2.98. The summed E-state index contributed by atoms with van der Waals surface area (Å²) in [6.07, 6.45) is 0.699. The van der Waals surface area contributed by atoms with Crippen LogP contribution in [0.1, 0.15) is 21.5 Å². The van der Waals surface area contributed by atoms with Crippen molar-refractivity contribution in [1.29, 1.82) is 10.8 Å². The highest BCUT2D eigenvalue weighted by atomic mass is 79.9. The van der Waals surface area contributed by atoms with Crippen LogP contribution < -0.4 is 16.4 Å². The quantitative estimate of drug-likeness (QED) is 0.384. The number of hydrogen-bond donors (Lipinski definition) is 5. The second-order valence-electron chi connectivity index (χ2n) is 4.97. The van der Waals surface area contributed by atoms with Crippen LogP contribution in [0.3, 0.4) is 0 Å². The lowest BCUT2D eigenvalue weighted by Gasteiger charge is -2.13. The Morgan fingerprint density at radius 2 is 2.00 bits per heavy atom. The molecule has 0 aromatic heterocycles. The fourth-order valence-corrected chi connectivity index (χ4v) is 2.55. The molecule has 25 heavy (non-hydrogen) atoms. The number of carbonyl (C=O) groups is 1. The fraction of sp³-hybridized carbons (Fsp3) is 0.0625. The number of rotatable bonds is 5. The van der Waals surface area contributed by atoms with E-state index in [1.807, 2.05) is 0 Å². The van der Waals surface area contributed by atoms with E-state index in [-0.39, 0.29) is 21.6 Å². The van der Waals surface area contributed by atoms with Gasteiger partial charge in [0.2, 0.25) is 0 Å². The Bertz CT molecular complexity index is 885. The zero-order valence-corrected chi connectivity index (χ0v) is 14.6. The van der Waals surface area contributed by atoms with E-state index in [1.165, 1.54) is 25.2 Å². The molecule has 0 radical (unpaired) electrons. The van der Waals surface area contributed by atoms with Crippen molar-refractivity contribution in [2.24, 2.45) is 0 Å². The monoisotopic (exact) mass is 409 g/mol. The average Bonchev–Trinajstić information content (AvgIpc) is 2.55. The molecule has 2 rings (SSSR count). The molecule has 0 saturated heterocycles. The maximum atomic E-state index is 14.5. The number of nitrogens with two attached hydrogens (primary N) is 1. The van der Waals surface area contributed by atoms with E-state index in [4.69, 9.17) is 16.6 Å². The number of anilines is 3. The zero-order valence-electron chi connectivity index (χ0n) is 13.0. The van der Waals surface area contributed by atoms with Gasteiger partial charge in [0.1, 0.15) is 21.8 Å². The van der Waals surface area contributed by atoms with Crippen LogP contribution in [-0.4, -0.2) is 23.8 Å². The predicted octanol–water partition coefficient (Wildman–Crippen LogP) is 3.56. The summed E-state index contributed by atoms with van der Waals surface area (Å²) in [5.74, 6) is -3.22. The number of hydrogen-bond acceptors (Lipinski definition) is 5. The van der Waals surface area contributed by atoms with Crippen molar-refractivity contribution in [2.75, 3.05) is 23.4 Å². The number of nitrogen functional groups attached to an aromatic ring is 1. The lowest BCUT2D eigenvalue weighted by Crippen LogP contribution is -2.18. The van der Waals surface area contributed by atoms with Gasteiger partial charge in [-0.3, -0.25) is 10.2 Å². The van der Waals surface area contributed by atoms with Gasteiger partial charge < -0.3 is 21.8 Å². The number of benzene rings is 2. The summed E-state index contributed by atoms with van der Waals surface area (Å²) < 4.78 is 28.6. The van der Waals surface area contributed by atoms with E-state index >= 15 is 0 Å². The Balaban J connectivity index is 2.44. The lowest BCUT2D eigenvalue weighted by atomic mass is 10.1. The van der Waals surface area contributed by atoms with Crippen molar-refractivity contribution >= 4 is 49.7 Å². The van der Waals surface area contributed by atoms with Gasteiger partial charge in [-0.25, -0.2) is 8.78 Å². The number of nitrogens with one attached hydrogen (secondary N) is 4. The molecule has 6 N–H and O–H groups in total. The van der Waals surface area contributed by atoms with Gasteiger partial charge in [-0.15, -0.1) is 0 Å². The van der Waals surface area contributed by atoms with E-state index in [1.54, 1.807) is 0 Å². The topological polar surface area (TPSA) is 115 Å². The van der Waals surface area contributed by atoms with Crippen LogP contribution in [0.2, 0.25) is 0 Å². The van der Waals surface area contributed by atoms with Gasteiger partial charge in [-0.2, -0.15) is 0 Å². The molecule has 0 aliphatic carbocycles. The largest absolute Gasteiger partial charge is 0.398 e. The van der Waals surface area contributed by atoms with Crippen LogP contribution >= 0.6 is 15.9 Å². The second kappa shape index (κ2) is 7.39. The van der Waals surface area contributed by atoms with Crippen LogP contribution in [0.4, 0.5) is 25.8 Å². The van der Waals surface area contributed by atoms with Gasteiger partial charge in [0.05, 0.1) is 5.56 Å². The van der Waals surface area contributed by atoms with Gasteiger partial charge in [0, 0.05) is 35.9 Å². The molecule has 2 aromatic rings. The zero-order chi connectivity index (χ0) is 18.7. The minimum Gasteiger partial charge on any atom is -0.398 e. The van der Waals surface area contributed by atoms with E-state index in [0.29, 0.717) is 17.5 Å². The normalized spacial score (nSPS) is 10.2. The highest BCUT2D eigenvalue weighted by Crippen LogP contribution is 2.26. The number of amides is 1. The summed E-state index contributed by atoms with van der Waals surface area (Å²) in [5.41, 5.74) is 5.59. The van der Waals surface area contributed by atoms with Crippen molar-refractivity contribution in [2.45, 2.75) is 0 Å². The summed E-state index contributed by atoms with van der Waals surface area (Å²) in [7, 11) is 1.45. The Morgan fingerprint density at radius 3 is 2.56 bits per heavy atom. The van der Waals surface area contributed by atoms with Crippen LogP contribution in [0.25, 0.3) is 0 Å². The van der Waals surface area contributed by atoms with Crippen molar-refractivity contribution < 1.29 is 13.6 Å². The molecule has 0 aliphatic rings. The second-order valence-corrected chi connectivity index (χ2v) is 5.77. The third kappa shape index (κ3) is 3.66. The van der Waals surface area contributed by atoms with E-state index in [0.717, 1.165) is 6.07 Å². The first-order valence-corrected chi connectivity index (χ1v) is 7.75. The first kappa shape index (κ1) is 18.5.